The van der Waals surface area contributed by atoms with E-state index in [2.05, 4.69) is 20.9 Å². The Morgan fingerprint density at radius 3 is 2.62 bits per heavy atom. The van der Waals surface area contributed by atoms with Gasteiger partial charge in [0.15, 0.2) is 6.17 Å². The lowest BCUT2D eigenvalue weighted by Crippen LogP contribution is -2.50. The van der Waals surface area contributed by atoms with E-state index in [1.54, 1.807) is 12.3 Å². The molecule has 1 atom stereocenters. The maximum atomic E-state index is 12.7. The van der Waals surface area contributed by atoms with Gasteiger partial charge in [0.2, 0.25) is 0 Å². The van der Waals surface area contributed by atoms with Crippen molar-refractivity contribution >= 4 is 12.2 Å². The summed E-state index contributed by atoms with van der Waals surface area (Å²) in [6, 6.07) is 12.2. The van der Waals surface area contributed by atoms with E-state index in [1.807, 2.05) is 30.3 Å². The molecule has 0 radical (unpaired) electrons. The van der Waals surface area contributed by atoms with E-state index < -0.39 is 17.9 Å². The van der Waals surface area contributed by atoms with E-state index in [4.69, 9.17) is 0 Å². The van der Waals surface area contributed by atoms with Crippen LogP contribution in [0.2, 0.25) is 0 Å². The van der Waals surface area contributed by atoms with E-state index >= 15 is 0 Å². The SMILES string of the molecule is O=C1NC(NCc2cccc(-c3ccc(C(F)(F)F)cc3)c2)=C2C=CC=NC2N1. The van der Waals surface area contributed by atoms with E-state index in [0.29, 0.717) is 17.9 Å². The van der Waals surface area contributed by atoms with Crippen molar-refractivity contribution in [3.63, 3.8) is 0 Å². The molecule has 2 aliphatic heterocycles. The molecule has 2 aliphatic rings. The first-order valence-corrected chi connectivity index (χ1v) is 8.92. The minimum atomic E-state index is -4.35. The minimum absolute atomic E-state index is 0.341. The number of hydrogen-bond acceptors (Lipinski definition) is 3. The average molecular weight is 398 g/mol. The Balaban J connectivity index is 1.51. The number of halogens is 3. The van der Waals surface area contributed by atoms with Crippen molar-refractivity contribution in [3.8, 4) is 11.1 Å². The van der Waals surface area contributed by atoms with Gasteiger partial charge in [-0.3, -0.25) is 10.3 Å². The van der Waals surface area contributed by atoms with Crippen LogP contribution < -0.4 is 16.0 Å². The summed E-state index contributed by atoms with van der Waals surface area (Å²) >= 11 is 0. The quantitative estimate of drug-likeness (QED) is 0.730. The number of allylic oxidation sites excluding steroid dienone is 1. The fraction of sp³-hybridized carbons (Fsp3) is 0.143. The largest absolute Gasteiger partial charge is 0.416 e. The third-order valence-electron chi connectivity index (χ3n) is 4.63. The highest BCUT2D eigenvalue weighted by atomic mass is 19.4. The third-order valence-corrected chi connectivity index (χ3v) is 4.63. The maximum Gasteiger partial charge on any atom is 0.416 e. The predicted molar refractivity (Wildman–Crippen MR) is 104 cm³/mol. The first kappa shape index (κ1) is 18.8. The molecule has 0 aromatic heterocycles. The number of dihydropyridines is 1. The van der Waals surface area contributed by atoms with Crippen molar-refractivity contribution in [2.75, 3.05) is 0 Å². The van der Waals surface area contributed by atoms with Crippen LogP contribution in [0.5, 0.6) is 0 Å². The van der Waals surface area contributed by atoms with Crippen LogP contribution in [0.4, 0.5) is 18.0 Å². The number of carbonyl (C=O) groups is 1. The number of nitrogens with zero attached hydrogens (tertiary/aromatic N) is 1. The number of alkyl halides is 3. The number of urea groups is 1. The summed E-state index contributed by atoms with van der Waals surface area (Å²) in [5, 5.41) is 8.66. The number of fused-ring (bicyclic) bond motifs is 1. The van der Waals surface area contributed by atoms with Gasteiger partial charge in [0.25, 0.3) is 0 Å². The molecule has 2 aromatic carbocycles. The maximum absolute atomic E-state index is 12.7. The van der Waals surface area contributed by atoms with Crippen molar-refractivity contribution in [1.29, 1.82) is 0 Å². The van der Waals surface area contributed by atoms with Crippen LogP contribution in [0, 0.1) is 0 Å². The first-order valence-electron chi connectivity index (χ1n) is 8.92. The molecule has 0 spiro atoms. The van der Waals surface area contributed by atoms with E-state index in [-0.39, 0.29) is 6.03 Å². The van der Waals surface area contributed by atoms with Crippen molar-refractivity contribution < 1.29 is 18.0 Å². The van der Waals surface area contributed by atoms with Crippen LogP contribution >= 0.6 is 0 Å². The van der Waals surface area contributed by atoms with Crippen LogP contribution in [0.15, 0.2) is 77.1 Å². The fourth-order valence-electron chi connectivity index (χ4n) is 3.18. The molecule has 2 heterocycles. The van der Waals surface area contributed by atoms with Gasteiger partial charge in [0, 0.05) is 18.3 Å². The Kier molecular flexibility index (Phi) is 4.84. The predicted octanol–water partition coefficient (Wildman–Crippen LogP) is 3.95. The highest BCUT2D eigenvalue weighted by Gasteiger charge is 2.30. The highest BCUT2D eigenvalue weighted by Crippen LogP contribution is 2.31. The first-order chi connectivity index (χ1) is 13.9. The monoisotopic (exact) mass is 398 g/mol. The molecule has 3 N–H and O–H groups in total. The van der Waals surface area contributed by atoms with E-state index in [1.165, 1.54) is 12.1 Å². The number of rotatable bonds is 4. The highest BCUT2D eigenvalue weighted by molar-refractivity contribution is 5.82. The summed E-state index contributed by atoms with van der Waals surface area (Å²) in [5.74, 6) is 0.576. The molecule has 29 heavy (non-hydrogen) atoms. The molecular weight excluding hydrogens is 381 g/mol. The average Bonchev–Trinajstić information content (AvgIpc) is 2.71. The summed E-state index contributed by atoms with van der Waals surface area (Å²) < 4.78 is 38.2. The Labute approximate surface area is 165 Å². The number of amides is 2. The Morgan fingerprint density at radius 2 is 1.86 bits per heavy atom. The van der Waals surface area contributed by atoms with Gasteiger partial charge in [-0.1, -0.05) is 30.3 Å². The van der Waals surface area contributed by atoms with Gasteiger partial charge in [-0.2, -0.15) is 13.2 Å². The molecule has 0 bridgehead atoms. The summed E-state index contributed by atoms with van der Waals surface area (Å²) in [4.78, 5) is 16.0. The zero-order valence-corrected chi connectivity index (χ0v) is 15.1. The number of benzene rings is 2. The molecule has 4 rings (SSSR count). The lowest BCUT2D eigenvalue weighted by Gasteiger charge is -2.28. The molecule has 2 amide bonds. The molecule has 0 aliphatic carbocycles. The van der Waals surface area contributed by atoms with Gasteiger partial charge < -0.3 is 10.6 Å². The Morgan fingerprint density at radius 1 is 1.07 bits per heavy atom. The lowest BCUT2D eigenvalue weighted by atomic mass is 10.0. The molecule has 0 saturated carbocycles. The summed E-state index contributed by atoms with van der Waals surface area (Å²) in [5.41, 5.74) is 2.58. The van der Waals surface area contributed by atoms with Crippen LogP contribution in [0.3, 0.4) is 0 Å². The smallest absolute Gasteiger partial charge is 0.367 e. The van der Waals surface area contributed by atoms with Crippen LogP contribution in [-0.2, 0) is 12.7 Å². The van der Waals surface area contributed by atoms with Gasteiger partial charge in [0.05, 0.1) is 5.56 Å². The standard InChI is InChI=1S/C21H17F3N4O/c22-21(23,24)16-8-6-14(7-9-16)15-4-1-3-13(11-15)12-26-19-17-5-2-10-25-18(17)27-20(29)28-19/h1-11,18,26H,12H2,(H2,27,28,29). The second kappa shape index (κ2) is 7.46. The molecule has 0 fully saturated rings. The second-order valence-corrected chi connectivity index (χ2v) is 6.62. The van der Waals surface area contributed by atoms with Gasteiger partial charge >= 0.3 is 12.2 Å². The summed E-state index contributed by atoms with van der Waals surface area (Å²) in [6.07, 6.45) is 0.511. The number of nitrogens with one attached hydrogen (secondary N) is 3. The number of hydrogen-bond donors (Lipinski definition) is 3. The Hall–Kier alpha value is -3.55. The van der Waals surface area contributed by atoms with E-state index in [9.17, 15) is 18.0 Å². The van der Waals surface area contributed by atoms with Gasteiger partial charge in [0.1, 0.15) is 5.82 Å². The number of aliphatic imine (C=N–C) groups is 1. The van der Waals surface area contributed by atoms with Gasteiger partial charge in [-0.05, 0) is 47.0 Å². The Bertz CT molecular complexity index is 1020. The molecule has 2 aromatic rings. The summed E-state index contributed by atoms with van der Waals surface area (Å²) in [6.45, 7) is 0.428. The zero-order chi connectivity index (χ0) is 20.4. The van der Waals surface area contributed by atoms with Gasteiger partial charge in [-0.25, -0.2) is 4.79 Å². The lowest BCUT2D eigenvalue weighted by molar-refractivity contribution is -0.137. The molecule has 8 heteroatoms. The van der Waals surface area contributed by atoms with Crippen molar-refractivity contribution in [1.82, 2.24) is 16.0 Å². The van der Waals surface area contributed by atoms with Gasteiger partial charge in [-0.15, -0.1) is 0 Å². The second-order valence-electron chi connectivity index (χ2n) is 6.62. The topological polar surface area (TPSA) is 65.5 Å². The van der Waals surface area contributed by atoms with Crippen molar-refractivity contribution in [3.05, 3.63) is 83.2 Å². The van der Waals surface area contributed by atoms with Crippen LogP contribution in [0.1, 0.15) is 11.1 Å². The molecule has 148 valence electrons. The van der Waals surface area contributed by atoms with Crippen molar-refractivity contribution in [2.24, 2.45) is 4.99 Å². The fourth-order valence-corrected chi connectivity index (χ4v) is 3.18. The number of carbonyl (C=O) groups excluding carboxylic acids is 1. The molecular formula is C21H17F3N4O. The minimum Gasteiger partial charge on any atom is -0.367 e. The molecule has 1 unspecified atom stereocenters. The normalized spacial score (nSPS) is 18.2. The van der Waals surface area contributed by atoms with Crippen LogP contribution in [-0.4, -0.2) is 18.4 Å². The van der Waals surface area contributed by atoms with E-state index in [0.717, 1.165) is 28.8 Å². The van der Waals surface area contributed by atoms with Crippen LogP contribution in [0.25, 0.3) is 11.1 Å². The van der Waals surface area contributed by atoms with Crippen molar-refractivity contribution in [2.45, 2.75) is 18.9 Å². The molecule has 0 saturated heterocycles. The third kappa shape index (κ3) is 4.16. The summed E-state index contributed by atoms with van der Waals surface area (Å²) in [7, 11) is 0. The molecule has 5 nitrogen and oxygen atoms in total. The zero-order valence-electron chi connectivity index (χ0n) is 15.1.